The molecule has 1 N–H and O–H groups in total. The minimum absolute atomic E-state index is 0.233. The van der Waals surface area contributed by atoms with Crippen molar-refractivity contribution >= 4 is 11.8 Å². The second kappa shape index (κ2) is 5.02. The summed E-state index contributed by atoms with van der Waals surface area (Å²) in [6.45, 7) is 1.98. The number of hydrogen-bond donors (Lipinski definition) is 1. The fourth-order valence-corrected chi connectivity index (χ4v) is 4.04. The molecule has 1 aromatic carbocycles. The van der Waals surface area contributed by atoms with Gasteiger partial charge in [0.15, 0.2) is 0 Å². The number of thioether (sulfide) groups is 1. The van der Waals surface area contributed by atoms with E-state index in [1.165, 1.54) is 10.5 Å². The molecule has 4 heteroatoms. The Bertz CT molecular complexity index is 594. The molecule has 0 bridgehead atoms. The van der Waals surface area contributed by atoms with Gasteiger partial charge in [0, 0.05) is 35.7 Å². The van der Waals surface area contributed by atoms with Crippen LogP contribution < -0.4 is 0 Å². The Balaban J connectivity index is 1.79. The lowest BCUT2D eigenvalue weighted by molar-refractivity contribution is 0.149. The second-order valence-electron chi connectivity index (χ2n) is 5.13. The van der Waals surface area contributed by atoms with Gasteiger partial charge in [0.1, 0.15) is 0 Å². The summed E-state index contributed by atoms with van der Waals surface area (Å²) in [4.78, 5) is 1.31. The van der Waals surface area contributed by atoms with E-state index in [-0.39, 0.29) is 12.0 Å². The lowest BCUT2D eigenvalue weighted by Gasteiger charge is -2.18. The van der Waals surface area contributed by atoms with Gasteiger partial charge >= 0.3 is 0 Å². The topological polar surface area (TPSA) is 38.0 Å². The zero-order valence-electron chi connectivity index (χ0n) is 11.2. The zero-order valence-corrected chi connectivity index (χ0v) is 12.0. The smallest absolute Gasteiger partial charge is 0.0672 e. The van der Waals surface area contributed by atoms with Crippen LogP contribution in [0, 0.1) is 6.92 Å². The average molecular weight is 274 g/mol. The largest absolute Gasteiger partial charge is 0.392 e. The van der Waals surface area contributed by atoms with Crippen LogP contribution in [-0.4, -0.2) is 26.7 Å². The Labute approximate surface area is 117 Å². The summed E-state index contributed by atoms with van der Waals surface area (Å²) in [6, 6.07) is 10.4. The molecule has 2 heterocycles. The number of fused-ring (bicyclic) bond motifs is 1. The molecule has 100 valence electrons. The van der Waals surface area contributed by atoms with Crippen LogP contribution >= 0.6 is 11.8 Å². The molecule has 1 aliphatic heterocycles. The second-order valence-corrected chi connectivity index (χ2v) is 6.19. The van der Waals surface area contributed by atoms with Gasteiger partial charge in [-0.2, -0.15) is 5.10 Å². The van der Waals surface area contributed by atoms with Gasteiger partial charge in [0.2, 0.25) is 0 Å². The summed E-state index contributed by atoms with van der Waals surface area (Å²) >= 11 is 1.84. The molecule has 2 unspecified atom stereocenters. The third-order valence-corrected chi connectivity index (χ3v) is 4.93. The van der Waals surface area contributed by atoms with Crippen molar-refractivity contribution in [2.75, 3.05) is 5.75 Å². The molecule has 1 aliphatic rings. The SMILES string of the molecule is Cc1cc(CC(O)C2CSc3ccccc32)n(C)n1. The third-order valence-electron chi connectivity index (χ3n) is 3.72. The van der Waals surface area contributed by atoms with Crippen LogP contribution in [0.3, 0.4) is 0 Å². The molecule has 0 saturated heterocycles. The van der Waals surface area contributed by atoms with E-state index in [2.05, 4.69) is 35.4 Å². The fourth-order valence-electron chi connectivity index (χ4n) is 2.72. The normalized spacial score (nSPS) is 19.4. The highest BCUT2D eigenvalue weighted by Gasteiger charge is 2.29. The maximum atomic E-state index is 10.5. The Kier molecular flexibility index (Phi) is 3.37. The van der Waals surface area contributed by atoms with Crippen molar-refractivity contribution in [3.05, 3.63) is 47.3 Å². The summed E-state index contributed by atoms with van der Waals surface area (Å²) in [6.07, 6.45) is 0.322. The molecule has 0 spiro atoms. The average Bonchev–Trinajstić information content (AvgIpc) is 2.93. The molecule has 0 fully saturated rings. The Morgan fingerprint density at radius 3 is 3.00 bits per heavy atom. The van der Waals surface area contributed by atoms with E-state index >= 15 is 0 Å². The van der Waals surface area contributed by atoms with E-state index in [1.54, 1.807) is 0 Å². The minimum atomic E-state index is -0.342. The number of aromatic nitrogens is 2. The van der Waals surface area contributed by atoms with Crippen molar-refractivity contribution < 1.29 is 5.11 Å². The Hall–Kier alpha value is -1.26. The maximum absolute atomic E-state index is 10.5. The van der Waals surface area contributed by atoms with Crippen molar-refractivity contribution in [1.82, 2.24) is 9.78 Å². The highest BCUT2D eigenvalue weighted by atomic mass is 32.2. The van der Waals surface area contributed by atoms with E-state index < -0.39 is 0 Å². The Morgan fingerprint density at radius 2 is 2.26 bits per heavy atom. The molecular weight excluding hydrogens is 256 g/mol. The molecule has 3 rings (SSSR count). The van der Waals surface area contributed by atoms with E-state index in [9.17, 15) is 5.11 Å². The van der Waals surface area contributed by atoms with Gasteiger partial charge in [0.05, 0.1) is 11.8 Å². The van der Waals surface area contributed by atoms with E-state index in [0.29, 0.717) is 6.42 Å². The summed E-state index contributed by atoms with van der Waals surface area (Å²) in [7, 11) is 1.94. The van der Waals surface area contributed by atoms with Crippen LogP contribution in [0.25, 0.3) is 0 Å². The minimum Gasteiger partial charge on any atom is -0.392 e. The first-order chi connectivity index (χ1) is 9.15. The zero-order chi connectivity index (χ0) is 13.4. The van der Waals surface area contributed by atoms with Gasteiger partial charge in [0.25, 0.3) is 0 Å². The molecule has 0 radical (unpaired) electrons. The van der Waals surface area contributed by atoms with Gasteiger partial charge in [-0.15, -0.1) is 11.8 Å². The van der Waals surface area contributed by atoms with Crippen LogP contribution in [0.5, 0.6) is 0 Å². The molecule has 2 atom stereocenters. The number of rotatable bonds is 3. The van der Waals surface area contributed by atoms with E-state index in [1.807, 2.05) is 30.4 Å². The van der Waals surface area contributed by atoms with Crippen LogP contribution in [0.15, 0.2) is 35.2 Å². The number of aryl methyl sites for hydroxylation is 2. The lowest BCUT2D eigenvalue weighted by atomic mass is 9.92. The first kappa shape index (κ1) is 12.8. The lowest BCUT2D eigenvalue weighted by Crippen LogP contribution is -2.22. The Morgan fingerprint density at radius 1 is 1.47 bits per heavy atom. The molecule has 0 amide bonds. The summed E-state index contributed by atoms with van der Waals surface area (Å²) in [5, 5.41) is 14.9. The number of aliphatic hydroxyl groups is 1. The van der Waals surface area contributed by atoms with Crippen molar-refractivity contribution in [2.24, 2.45) is 7.05 Å². The highest BCUT2D eigenvalue weighted by molar-refractivity contribution is 7.99. The van der Waals surface area contributed by atoms with Crippen molar-refractivity contribution in [1.29, 1.82) is 0 Å². The first-order valence-corrected chi connectivity index (χ1v) is 7.53. The third kappa shape index (κ3) is 2.42. The summed E-state index contributed by atoms with van der Waals surface area (Å²) in [5.41, 5.74) is 3.39. The highest BCUT2D eigenvalue weighted by Crippen LogP contribution is 2.41. The monoisotopic (exact) mass is 274 g/mol. The molecule has 1 aromatic heterocycles. The number of aliphatic hydroxyl groups excluding tert-OH is 1. The van der Waals surface area contributed by atoms with Gasteiger partial charge in [-0.3, -0.25) is 4.68 Å². The molecule has 0 saturated carbocycles. The van der Waals surface area contributed by atoms with Crippen molar-refractivity contribution in [3.8, 4) is 0 Å². The van der Waals surface area contributed by atoms with Crippen LogP contribution in [0.4, 0.5) is 0 Å². The van der Waals surface area contributed by atoms with Crippen LogP contribution in [-0.2, 0) is 13.5 Å². The van der Waals surface area contributed by atoms with Crippen molar-refractivity contribution in [2.45, 2.75) is 30.3 Å². The molecule has 0 aliphatic carbocycles. The number of benzene rings is 1. The van der Waals surface area contributed by atoms with Crippen LogP contribution in [0.2, 0.25) is 0 Å². The molecule has 19 heavy (non-hydrogen) atoms. The summed E-state index contributed by atoms with van der Waals surface area (Å²) < 4.78 is 1.87. The van der Waals surface area contributed by atoms with Crippen molar-refractivity contribution in [3.63, 3.8) is 0 Å². The first-order valence-electron chi connectivity index (χ1n) is 6.54. The van der Waals surface area contributed by atoms with Gasteiger partial charge in [-0.25, -0.2) is 0 Å². The molecule has 2 aromatic rings. The number of nitrogens with zero attached hydrogens (tertiary/aromatic N) is 2. The summed E-state index contributed by atoms with van der Waals surface area (Å²) in [5.74, 6) is 1.20. The predicted molar refractivity (Wildman–Crippen MR) is 77.6 cm³/mol. The standard InChI is InChI=1S/C15H18N2OS/c1-10-7-11(17(2)16-10)8-14(18)13-9-19-15-6-4-3-5-12(13)15/h3-7,13-14,18H,8-9H2,1-2H3. The van der Waals surface area contributed by atoms with E-state index in [4.69, 9.17) is 0 Å². The van der Waals surface area contributed by atoms with E-state index in [0.717, 1.165) is 17.1 Å². The maximum Gasteiger partial charge on any atom is 0.0672 e. The van der Waals surface area contributed by atoms with Gasteiger partial charge in [-0.1, -0.05) is 18.2 Å². The van der Waals surface area contributed by atoms with Gasteiger partial charge in [-0.05, 0) is 24.6 Å². The van der Waals surface area contributed by atoms with Crippen LogP contribution in [0.1, 0.15) is 22.9 Å². The fraction of sp³-hybridized carbons (Fsp3) is 0.400. The molecule has 3 nitrogen and oxygen atoms in total. The molecular formula is C15H18N2OS. The predicted octanol–water partition coefficient (Wildman–Crippen LogP) is 2.52. The van der Waals surface area contributed by atoms with Gasteiger partial charge < -0.3 is 5.11 Å². The quantitative estimate of drug-likeness (QED) is 0.934. The number of hydrogen-bond acceptors (Lipinski definition) is 3.